The van der Waals surface area contributed by atoms with E-state index in [1.54, 1.807) is 0 Å². The van der Waals surface area contributed by atoms with Crippen LogP contribution in [-0.2, 0) is 4.74 Å². The number of Topliss-reactive ketones (excluding diaryl/α,β-unsaturated/α-hetero) is 1. The van der Waals surface area contributed by atoms with Crippen LogP contribution >= 0.6 is 0 Å². The van der Waals surface area contributed by atoms with Crippen molar-refractivity contribution < 1.29 is 24.9 Å². The van der Waals surface area contributed by atoms with Gasteiger partial charge in [-0.15, -0.1) is 0 Å². The van der Waals surface area contributed by atoms with Gasteiger partial charge in [0.25, 0.3) is 5.56 Å². The second-order valence-electron chi connectivity index (χ2n) is 9.39. The molecule has 6 rings (SSSR count). The van der Waals surface area contributed by atoms with E-state index in [9.17, 15) is 24.6 Å². The number of aliphatic hydroxyl groups excluding tert-OH is 3. The zero-order valence-corrected chi connectivity index (χ0v) is 20.7. The molecule has 0 spiro atoms. The molecule has 1 saturated heterocycles. The topological polar surface area (TPSA) is 142 Å². The van der Waals surface area contributed by atoms with Crippen molar-refractivity contribution in [2.45, 2.75) is 44.3 Å². The number of nitrogens with one attached hydrogen (secondary N) is 1. The molecular formula is C29H28N2O7. The van der Waals surface area contributed by atoms with E-state index in [2.05, 4.69) is 48.5 Å². The fourth-order valence-corrected chi connectivity index (χ4v) is 5.08. The number of rotatable bonds is 5. The van der Waals surface area contributed by atoms with E-state index >= 15 is 0 Å². The summed E-state index contributed by atoms with van der Waals surface area (Å²) in [5.41, 5.74) is -0.465. The minimum atomic E-state index is -1.35. The molecule has 9 heteroatoms. The van der Waals surface area contributed by atoms with Crippen molar-refractivity contribution in [3.8, 4) is 0 Å². The third kappa shape index (κ3) is 4.50. The average Bonchev–Trinajstić information content (AvgIpc) is 3.21. The molecule has 0 aliphatic carbocycles. The van der Waals surface area contributed by atoms with Gasteiger partial charge in [0.1, 0.15) is 18.3 Å². The molecule has 9 nitrogen and oxygen atoms in total. The Hall–Kier alpha value is -3.89. The fourth-order valence-electron chi connectivity index (χ4n) is 5.08. The van der Waals surface area contributed by atoms with Crippen LogP contribution in [0.5, 0.6) is 0 Å². The number of H-pyrrole nitrogens is 1. The Bertz CT molecular complexity index is 1710. The van der Waals surface area contributed by atoms with E-state index in [0.717, 1.165) is 34.2 Å². The van der Waals surface area contributed by atoms with Gasteiger partial charge in [0.15, 0.2) is 12.0 Å². The molecule has 0 bridgehead atoms. The van der Waals surface area contributed by atoms with Crippen molar-refractivity contribution in [1.29, 1.82) is 0 Å². The summed E-state index contributed by atoms with van der Waals surface area (Å²) in [6, 6.07) is 20.1. The van der Waals surface area contributed by atoms with Gasteiger partial charge in [-0.1, -0.05) is 61.5 Å². The molecule has 0 saturated carbocycles. The SMILES string of the molecule is CCCC(=O)c1ccc2ccc3cccc4ccc1c2c34.O=c1ccn([C@@H]2O[C@H](CO)[C@@H](O)[C@H]2O)c(=O)[nH]1. The molecule has 4 aromatic carbocycles. The first-order chi connectivity index (χ1) is 18.3. The monoisotopic (exact) mass is 516 g/mol. The largest absolute Gasteiger partial charge is 0.394 e. The lowest BCUT2D eigenvalue weighted by Gasteiger charge is -2.16. The number of aliphatic hydroxyl groups is 3. The minimum Gasteiger partial charge on any atom is -0.394 e. The van der Waals surface area contributed by atoms with Crippen molar-refractivity contribution in [1.82, 2.24) is 9.55 Å². The van der Waals surface area contributed by atoms with Gasteiger partial charge in [-0.2, -0.15) is 0 Å². The van der Waals surface area contributed by atoms with Crippen molar-refractivity contribution in [2.24, 2.45) is 0 Å². The Morgan fingerprint density at radius 1 is 0.921 bits per heavy atom. The van der Waals surface area contributed by atoms with Crippen LogP contribution in [0, 0.1) is 0 Å². The predicted octanol–water partition coefficient (Wildman–Crippen LogP) is 2.71. The molecule has 1 aromatic heterocycles. The summed E-state index contributed by atoms with van der Waals surface area (Å²) in [5, 5.41) is 35.4. The van der Waals surface area contributed by atoms with E-state index < -0.39 is 42.4 Å². The average molecular weight is 517 g/mol. The molecule has 1 fully saturated rings. The molecule has 38 heavy (non-hydrogen) atoms. The highest BCUT2D eigenvalue weighted by atomic mass is 16.6. The van der Waals surface area contributed by atoms with Crippen LogP contribution in [0.1, 0.15) is 36.4 Å². The van der Waals surface area contributed by atoms with E-state index in [1.165, 1.54) is 26.9 Å². The molecule has 1 aliphatic rings. The molecule has 5 aromatic rings. The summed E-state index contributed by atoms with van der Waals surface area (Å²) in [6.45, 7) is 1.57. The Morgan fingerprint density at radius 2 is 1.58 bits per heavy atom. The maximum Gasteiger partial charge on any atom is 0.330 e. The third-order valence-electron chi connectivity index (χ3n) is 6.95. The second kappa shape index (κ2) is 10.5. The number of carbonyl (C=O) groups excluding carboxylic acids is 1. The van der Waals surface area contributed by atoms with Crippen molar-refractivity contribution in [3.63, 3.8) is 0 Å². The lowest BCUT2D eigenvalue weighted by atomic mass is 9.90. The van der Waals surface area contributed by atoms with Gasteiger partial charge in [0.05, 0.1) is 6.61 Å². The normalized spacial score (nSPS) is 21.2. The van der Waals surface area contributed by atoms with Crippen LogP contribution in [0.3, 0.4) is 0 Å². The zero-order valence-electron chi connectivity index (χ0n) is 20.7. The number of ether oxygens (including phenoxy) is 1. The van der Waals surface area contributed by atoms with Crippen LogP contribution in [0.15, 0.2) is 76.4 Å². The van der Waals surface area contributed by atoms with E-state index in [-0.39, 0.29) is 5.78 Å². The number of hydrogen-bond acceptors (Lipinski definition) is 7. The molecule has 0 unspecified atom stereocenters. The van der Waals surface area contributed by atoms with Crippen molar-refractivity contribution in [2.75, 3.05) is 6.61 Å². The Kier molecular flexibility index (Phi) is 7.09. The number of aromatic amines is 1. The third-order valence-corrected chi connectivity index (χ3v) is 6.95. The van der Waals surface area contributed by atoms with Gasteiger partial charge in [-0.05, 0) is 38.7 Å². The number of ketones is 1. The van der Waals surface area contributed by atoms with Gasteiger partial charge in [0.2, 0.25) is 0 Å². The van der Waals surface area contributed by atoms with Crippen molar-refractivity contribution in [3.05, 3.63) is 93.3 Å². The summed E-state index contributed by atoms with van der Waals surface area (Å²) < 4.78 is 6.08. The minimum absolute atomic E-state index is 0.246. The first-order valence-electron chi connectivity index (χ1n) is 12.5. The van der Waals surface area contributed by atoms with Gasteiger partial charge in [-0.25, -0.2) is 4.79 Å². The van der Waals surface area contributed by atoms with Gasteiger partial charge in [-0.3, -0.25) is 19.1 Å². The molecule has 1 aliphatic heterocycles. The van der Waals surface area contributed by atoms with Crippen LogP contribution in [0.25, 0.3) is 32.3 Å². The summed E-state index contributed by atoms with van der Waals surface area (Å²) in [4.78, 5) is 36.7. The Balaban J connectivity index is 0.000000159. The summed E-state index contributed by atoms with van der Waals surface area (Å²) in [5.74, 6) is 0.246. The number of aromatic nitrogens is 2. The van der Waals surface area contributed by atoms with Gasteiger partial charge >= 0.3 is 5.69 Å². The maximum absolute atomic E-state index is 12.4. The zero-order chi connectivity index (χ0) is 27.0. The first-order valence-corrected chi connectivity index (χ1v) is 12.5. The van der Waals surface area contributed by atoms with Crippen LogP contribution < -0.4 is 11.2 Å². The molecule has 4 N–H and O–H groups in total. The molecule has 0 amide bonds. The summed E-state index contributed by atoms with van der Waals surface area (Å²) in [6.07, 6.45) is -2.08. The number of nitrogens with zero attached hydrogens (tertiary/aromatic N) is 1. The highest BCUT2D eigenvalue weighted by Crippen LogP contribution is 2.36. The van der Waals surface area contributed by atoms with E-state index in [1.807, 2.05) is 18.0 Å². The highest BCUT2D eigenvalue weighted by Gasteiger charge is 2.43. The summed E-state index contributed by atoms with van der Waals surface area (Å²) in [7, 11) is 0. The van der Waals surface area contributed by atoms with Crippen LogP contribution in [-0.4, -0.2) is 55.6 Å². The Morgan fingerprint density at radius 3 is 2.21 bits per heavy atom. The van der Waals surface area contributed by atoms with Gasteiger partial charge in [0, 0.05) is 24.2 Å². The van der Waals surface area contributed by atoms with Crippen LogP contribution in [0.4, 0.5) is 0 Å². The molecular weight excluding hydrogens is 488 g/mol. The number of hydrogen-bond donors (Lipinski definition) is 4. The standard InChI is InChI=1S/C20H16O.C9H12N2O6/c1-2-4-18(21)16-11-9-15-8-7-13-5-3-6-14-10-12-17(16)20(15)19(13)14;12-3-4-6(14)7(15)8(17-4)11-2-1-5(13)10-9(11)16/h3,5-12H,2,4H2,1H3;1-2,4,6-8,12,14-15H,3H2,(H,10,13,16)/t;4-,6-,7-,8-/m.1/s1. The number of carbonyl (C=O) groups is 1. The second-order valence-corrected chi connectivity index (χ2v) is 9.39. The lowest BCUT2D eigenvalue weighted by molar-refractivity contribution is -0.0550. The fraction of sp³-hybridized carbons (Fsp3) is 0.276. The predicted molar refractivity (Wildman–Crippen MR) is 144 cm³/mol. The smallest absolute Gasteiger partial charge is 0.330 e. The molecule has 2 heterocycles. The highest BCUT2D eigenvalue weighted by molar-refractivity contribution is 6.26. The molecule has 0 radical (unpaired) electrons. The molecule has 4 atom stereocenters. The quantitative estimate of drug-likeness (QED) is 0.208. The van der Waals surface area contributed by atoms with Gasteiger partial charge < -0.3 is 20.1 Å². The van der Waals surface area contributed by atoms with Crippen LogP contribution in [0.2, 0.25) is 0 Å². The lowest BCUT2D eigenvalue weighted by Crippen LogP contribution is -2.37. The first kappa shape index (κ1) is 25.7. The Labute approximate surface area is 216 Å². The maximum atomic E-state index is 12.4. The van der Waals surface area contributed by atoms with E-state index in [0.29, 0.717) is 6.42 Å². The summed E-state index contributed by atoms with van der Waals surface area (Å²) >= 11 is 0. The van der Waals surface area contributed by atoms with Crippen molar-refractivity contribution >= 4 is 38.1 Å². The van der Waals surface area contributed by atoms with E-state index in [4.69, 9.17) is 9.84 Å². The molecule has 196 valence electrons. The number of benzene rings is 4.